The van der Waals surface area contributed by atoms with Crippen molar-refractivity contribution in [1.82, 2.24) is 19.4 Å². The average Bonchev–Trinajstić information content (AvgIpc) is 3.11. The highest BCUT2D eigenvalue weighted by atomic mass is 35.5. The first-order chi connectivity index (χ1) is 21.0. The highest BCUT2D eigenvalue weighted by Gasteiger charge is 2.41. The predicted octanol–water partition coefficient (Wildman–Crippen LogP) is 4.67. The summed E-state index contributed by atoms with van der Waals surface area (Å²) in [5.74, 6) is -3.91. The molecule has 2 aliphatic rings. The number of nitrogens with one attached hydrogen (secondary N) is 1. The lowest BCUT2D eigenvalue weighted by atomic mass is 9.98. The number of aromatic hydroxyl groups is 1. The molecule has 0 aliphatic carbocycles. The van der Waals surface area contributed by atoms with Crippen molar-refractivity contribution in [2.24, 2.45) is 0 Å². The second kappa shape index (κ2) is 10.7. The van der Waals surface area contributed by atoms with Crippen LogP contribution in [-0.2, 0) is 9.59 Å². The topological polar surface area (TPSA) is 121 Å². The summed E-state index contributed by atoms with van der Waals surface area (Å²) in [5.41, 5.74) is -1.09. The van der Waals surface area contributed by atoms with E-state index in [0.717, 1.165) is 16.7 Å². The lowest BCUT2D eigenvalue weighted by molar-refractivity contribution is -0.128. The number of carbonyl (C=O) groups excluding carboxylic acids is 2. The molecule has 44 heavy (non-hydrogen) atoms. The number of amides is 2. The van der Waals surface area contributed by atoms with Gasteiger partial charge in [-0.05, 0) is 42.7 Å². The van der Waals surface area contributed by atoms with Gasteiger partial charge in [0, 0.05) is 24.8 Å². The van der Waals surface area contributed by atoms with E-state index in [-0.39, 0.29) is 59.6 Å². The Labute approximate surface area is 255 Å². The van der Waals surface area contributed by atoms with E-state index in [1.54, 1.807) is 24.1 Å². The van der Waals surface area contributed by atoms with E-state index < -0.39 is 51.2 Å². The van der Waals surface area contributed by atoms with Gasteiger partial charge in [0.2, 0.25) is 11.8 Å². The summed E-state index contributed by atoms with van der Waals surface area (Å²) in [6, 6.07) is 4.09. The van der Waals surface area contributed by atoms with Crippen LogP contribution in [0.2, 0.25) is 5.02 Å². The zero-order valence-corrected chi connectivity index (χ0v) is 24.7. The third kappa shape index (κ3) is 4.31. The van der Waals surface area contributed by atoms with E-state index in [1.165, 1.54) is 17.0 Å². The van der Waals surface area contributed by atoms with Crippen molar-refractivity contribution in [2.75, 3.05) is 29.9 Å². The molecule has 4 aromatic rings. The quantitative estimate of drug-likeness (QED) is 0.318. The van der Waals surface area contributed by atoms with Gasteiger partial charge in [-0.25, -0.2) is 13.6 Å². The van der Waals surface area contributed by atoms with Crippen LogP contribution in [0, 0.1) is 18.6 Å². The van der Waals surface area contributed by atoms with Crippen molar-refractivity contribution >= 4 is 45.8 Å². The molecule has 6 rings (SSSR count). The minimum Gasteiger partial charge on any atom is -0.507 e. The molecule has 1 unspecified atom stereocenters. The number of halogens is 3. The van der Waals surface area contributed by atoms with Crippen LogP contribution in [0.4, 0.5) is 20.3 Å². The molecule has 2 N–H and O–H groups in total. The van der Waals surface area contributed by atoms with E-state index in [4.69, 9.17) is 11.6 Å². The zero-order valence-electron chi connectivity index (χ0n) is 24.0. The number of hydrogen-bond donors (Lipinski definition) is 2. The molecule has 0 saturated carbocycles. The molecule has 13 heteroatoms. The fourth-order valence-corrected chi connectivity index (χ4v) is 6.31. The summed E-state index contributed by atoms with van der Waals surface area (Å²) in [7, 11) is 0. The first-order valence-electron chi connectivity index (χ1n) is 13.9. The summed E-state index contributed by atoms with van der Waals surface area (Å²) in [6.07, 6.45) is 2.71. The van der Waals surface area contributed by atoms with Gasteiger partial charge in [0.15, 0.2) is 5.82 Å². The standard InChI is InChI=1S/C31H27ClF2N6O4/c1-5-19(42)38-11-12-39-17(13-38)30(43)36-26-22-28(24(34)21(23(26)32)20-16(33)7-6-8-18(20)41)40(31(44)37-29(22)39)27-15(4)9-10-35-25(27)14(2)3/h5-10,14,17,41H,1,11-13H2,2-4H3,(H,36,43). The van der Waals surface area contributed by atoms with Gasteiger partial charge >= 0.3 is 5.69 Å². The number of phenolic OH excluding ortho intramolecular Hbond substituents is 1. The Balaban J connectivity index is 1.79. The van der Waals surface area contributed by atoms with Crippen LogP contribution < -0.4 is 15.9 Å². The van der Waals surface area contributed by atoms with Crippen LogP contribution in [0.5, 0.6) is 5.75 Å². The number of carbonyl (C=O) groups is 2. The molecular weight excluding hydrogens is 594 g/mol. The van der Waals surface area contributed by atoms with Crippen LogP contribution in [0.25, 0.3) is 27.7 Å². The number of hydrogen-bond acceptors (Lipinski definition) is 7. The number of fused-ring (bicyclic) bond motifs is 2. The van der Waals surface area contributed by atoms with Gasteiger partial charge in [0.1, 0.15) is 28.9 Å². The maximum atomic E-state index is 17.2. The van der Waals surface area contributed by atoms with Crippen LogP contribution in [0.1, 0.15) is 31.0 Å². The monoisotopic (exact) mass is 620 g/mol. The molecule has 10 nitrogen and oxygen atoms in total. The maximum absolute atomic E-state index is 17.2. The van der Waals surface area contributed by atoms with Crippen molar-refractivity contribution < 1.29 is 23.5 Å². The van der Waals surface area contributed by atoms with Crippen molar-refractivity contribution in [3.63, 3.8) is 0 Å². The molecule has 2 aromatic carbocycles. The van der Waals surface area contributed by atoms with Gasteiger partial charge in [-0.3, -0.25) is 19.1 Å². The van der Waals surface area contributed by atoms with Crippen molar-refractivity contribution in [2.45, 2.75) is 32.7 Å². The lowest BCUT2D eigenvalue weighted by Gasteiger charge is -2.40. The molecule has 1 fully saturated rings. The number of phenols is 1. The molecule has 0 spiro atoms. The number of rotatable bonds is 4. The molecule has 2 amide bonds. The zero-order chi connectivity index (χ0) is 31.6. The summed E-state index contributed by atoms with van der Waals surface area (Å²) >= 11 is 6.81. The van der Waals surface area contributed by atoms with Gasteiger partial charge in [-0.2, -0.15) is 4.98 Å². The van der Waals surface area contributed by atoms with Gasteiger partial charge in [-0.15, -0.1) is 0 Å². The number of anilines is 2. The van der Waals surface area contributed by atoms with Crippen molar-refractivity contribution in [1.29, 1.82) is 0 Å². The van der Waals surface area contributed by atoms with Gasteiger partial charge < -0.3 is 20.2 Å². The minimum absolute atomic E-state index is 0.00369. The Morgan fingerprint density at radius 2 is 1.95 bits per heavy atom. The van der Waals surface area contributed by atoms with Gasteiger partial charge in [-0.1, -0.05) is 38.1 Å². The Kier molecular flexibility index (Phi) is 7.11. The van der Waals surface area contributed by atoms with E-state index in [1.807, 2.05) is 13.8 Å². The number of benzene rings is 2. The first kappa shape index (κ1) is 29.2. The highest BCUT2D eigenvalue weighted by molar-refractivity contribution is 6.39. The van der Waals surface area contributed by atoms with Crippen LogP contribution in [0.15, 0.2) is 47.9 Å². The van der Waals surface area contributed by atoms with Gasteiger partial charge in [0.05, 0.1) is 39.6 Å². The van der Waals surface area contributed by atoms with E-state index in [9.17, 15) is 19.5 Å². The molecule has 1 atom stereocenters. The molecule has 0 bridgehead atoms. The summed E-state index contributed by atoms with van der Waals surface area (Å²) < 4.78 is 33.6. The fraction of sp³-hybridized carbons (Fsp3) is 0.258. The third-order valence-corrected chi connectivity index (χ3v) is 8.43. The average molecular weight is 621 g/mol. The lowest BCUT2D eigenvalue weighted by Crippen LogP contribution is -2.58. The molecule has 4 heterocycles. The summed E-state index contributed by atoms with van der Waals surface area (Å²) in [5, 5.41) is 13.0. The molecular formula is C31H27ClF2N6O4. The SMILES string of the molecule is C=CC(=O)N1CCN2c3nc(=O)n(-c4c(C)ccnc4C(C)C)c4c(F)c(-c5c(O)cccc5F)c(Cl)c(c34)NC(=O)C2C1. The molecule has 1 saturated heterocycles. The van der Waals surface area contributed by atoms with E-state index >= 15 is 8.78 Å². The van der Waals surface area contributed by atoms with E-state index in [0.29, 0.717) is 11.3 Å². The normalized spacial score (nSPS) is 16.2. The Bertz CT molecular complexity index is 1960. The van der Waals surface area contributed by atoms with Crippen molar-refractivity contribution in [3.05, 3.63) is 81.5 Å². The van der Waals surface area contributed by atoms with E-state index in [2.05, 4.69) is 21.9 Å². The molecule has 226 valence electrons. The minimum atomic E-state index is -1.11. The fourth-order valence-electron chi connectivity index (χ4n) is 5.99. The maximum Gasteiger partial charge on any atom is 0.354 e. The van der Waals surface area contributed by atoms with Crippen LogP contribution >= 0.6 is 11.6 Å². The summed E-state index contributed by atoms with van der Waals surface area (Å²) in [6.45, 7) is 9.17. The number of nitrogens with zero attached hydrogens (tertiary/aromatic N) is 5. The van der Waals surface area contributed by atoms with Crippen LogP contribution in [0.3, 0.4) is 0 Å². The number of piperazine rings is 1. The second-order valence-corrected chi connectivity index (χ2v) is 11.4. The second-order valence-electron chi connectivity index (χ2n) is 11.0. The Morgan fingerprint density at radius 3 is 2.64 bits per heavy atom. The number of aromatic nitrogens is 3. The predicted molar refractivity (Wildman–Crippen MR) is 163 cm³/mol. The van der Waals surface area contributed by atoms with Crippen LogP contribution in [-0.4, -0.2) is 62.0 Å². The Morgan fingerprint density at radius 1 is 1.20 bits per heavy atom. The molecule has 2 aliphatic heterocycles. The van der Waals surface area contributed by atoms with Crippen molar-refractivity contribution in [3.8, 4) is 22.6 Å². The first-order valence-corrected chi connectivity index (χ1v) is 14.2. The largest absolute Gasteiger partial charge is 0.507 e. The molecule has 2 aromatic heterocycles. The van der Waals surface area contributed by atoms with Gasteiger partial charge in [0.25, 0.3) is 0 Å². The third-order valence-electron chi connectivity index (χ3n) is 8.05. The number of aryl methyl sites for hydroxylation is 1. The Hall–Kier alpha value is -4.84. The smallest absolute Gasteiger partial charge is 0.354 e. The molecule has 0 radical (unpaired) electrons. The number of pyridine rings is 1. The summed E-state index contributed by atoms with van der Waals surface area (Å²) in [4.78, 5) is 52.1. The highest BCUT2D eigenvalue weighted by Crippen LogP contribution is 2.49.